The Morgan fingerprint density at radius 1 is 1.15 bits per heavy atom. The Balaban J connectivity index is 0.000000845. The summed E-state index contributed by atoms with van der Waals surface area (Å²) < 4.78 is 0. The van der Waals surface area contributed by atoms with Crippen molar-refractivity contribution in [3.05, 3.63) is 0 Å². The van der Waals surface area contributed by atoms with Gasteiger partial charge in [-0.3, -0.25) is 0 Å². The van der Waals surface area contributed by atoms with Gasteiger partial charge in [0.1, 0.15) is 0 Å². The minimum absolute atomic E-state index is 0. The Bertz CT molecular complexity index is 193. The second-order valence-electron chi connectivity index (χ2n) is 3.55. The Morgan fingerprint density at radius 2 is 1.77 bits per heavy atom. The average Bonchev–Trinajstić information content (AvgIpc) is 2.36. The summed E-state index contributed by atoms with van der Waals surface area (Å²) in [6.07, 6.45) is 1.29. The molecule has 2 bridgehead atoms. The van der Waals surface area contributed by atoms with Crippen LogP contribution >= 0.6 is 17.0 Å². The van der Waals surface area contributed by atoms with Crippen molar-refractivity contribution < 1.29 is 9.90 Å². The van der Waals surface area contributed by atoms with Gasteiger partial charge in [-0.05, 0) is 12.8 Å². The van der Waals surface area contributed by atoms with Crippen molar-refractivity contribution in [3.8, 4) is 0 Å². The molecule has 0 radical (unpaired) electrons. The van der Waals surface area contributed by atoms with Gasteiger partial charge >= 0.3 is 6.09 Å². The molecular formula is C8H15BrN2O2. The summed E-state index contributed by atoms with van der Waals surface area (Å²) in [6.45, 7) is 3.77. The summed E-state index contributed by atoms with van der Waals surface area (Å²) in [7, 11) is 0. The number of rotatable bonds is 0. The summed E-state index contributed by atoms with van der Waals surface area (Å²) in [5.74, 6) is 0. The van der Waals surface area contributed by atoms with Gasteiger partial charge in [-0.2, -0.15) is 0 Å². The summed E-state index contributed by atoms with van der Waals surface area (Å²) in [5.41, 5.74) is 0. The molecule has 3 fully saturated rings. The molecule has 0 aromatic rings. The van der Waals surface area contributed by atoms with Crippen molar-refractivity contribution in [1.29, 1.82) is 0 Å². The molecule has 0 atom stereocenters. The molecule has 76 valence electrons. The lowest BCUT2D eigenvalue weighted by atomic mass is 10.1. The third-order valence-electron chi connectivity index (χ3n) is 2.90. The lowest BCUT2D eigenvalue weighted by molar-refractivity contribution is 0.124. The van der Waals surface area contributed by atoms with E-state index in [4.69, 9.17) is 5.11 Å². The zero-order valence-corrected chi connectivity index (χ0v) is 9.19. The first-order valence-electron chi connectivity index (χ1n) is 4.49. The van der Waals surface area contributed by atoms with Crippen molar-refractivity contribution in [3.63, 3.8) is 0 Å². The lowest BCUT2D eigenvalue weighted by Crippen LogP contribution is -2.40. The van der Waals surface area contributed by atoms with E-state index in [1.54, 1.807) is 4.90 Å². The summed E-state index contributed by atoms with van der Waals surface area (Å²) in [4.78, 5) is 14.8. The fourth-order valence-electron chi connectivity index (χ4n) is 2.14. The third kappa shape index (κ3) is 2.14. The van der Waals surface area contributed by atoms with E-state index in [1.807, 2.05) is 0 Å². The van der Waals surface area contributed by atoms with Crippen LogP contribution in [0.3, 0.4) is 0 Å². The first kappa shape index (κ1) is 10.8. The van der Waals surface area contributed by atoms with Gasteiger partial charge in [0, 0.05) is 32.2 Å². The number of carboxylic acid groups (broad SMARTS) is 1. The Hall–Kier alpha value is -0.290. The molecule has 0 spiro atoms. The summed E-state index contributed by atoms with van der Waals surface area (Å²) >= 11 is 0. The van der Waals surface area contributed by atoms with Gasteiger partial charge in [0.2, 0.25) is 0 Å². The van der Waals surface area contributed by atoms with Gasteiger partial charge in [0.15, 0.2) is 0 Å². The maximum atomic E-state index is 10.8. The van der Waals surface area contributed by atoms with Crippen molar-refractivity contribution in [1.82, 2.24) is 9.80 Å². The second kappa shape index (κ2) is 4.28. The normalized spacial score (nSPS) is 32.2. The molecule has 0 unspecified atom stereocenters. The van der Waals surface area contributed by atoms with Gasteiger partial charge in [0.25, 0.3) is 0 Å². The summed E-state index contributed by atoms with van der Waals surface area (Å²) in [6, 6.07) is 0.293. The SMILES string of the molecule is Br.O=C(O)N1CCN2CCC1CC2. The molecule has 0 aromatic carbocycles. The van der Waals surface area contributed by atoms with E-state index in [0.717, 1.165) is 32.5 Å². The second-order valence-corrected chi connectivity index (χ2v) is 3.55. The molecule has 3 aliphatic rings. The molecule has 1 N–H and O–H groups in total. The number of amides is 1. The van der Waals surface area contributed by atoms with Crippen LogP contribution in [0.25, 0.3) is 0 Å². The van der Waals surface area contributed by atoms with Crippen molar-refractivity contribution in [2.24, 2.45) is 0 Å². The number of hydrogen-bond acceptors (Lipinski definition) is 2. The minimum Gasteiger partial charge on any atom is -0.465 e. The van der Waals surface area contributed by atoms with Crippen LogP contribution in [0.5, 0.6) is 0 Å². The molecule has 13 heavy (non-hydrogen) atoms. The van der Waals surface area contributed by atoms with Gasteiger partial charge in [-0.25, -0.2) is 4.79 Å². The molecule has 0 aliphatic carbocycles. The third-order valence-corrected chi connectivity index (χ3v) is 2.90. The van der Waals surface area contributed by atoms with E-state index in [1.165, 1.54) is 0 Å². The highest BCUT2D eigenvalue weighted by molar-refractivity contribution is 8.93. The Morgan fingerprint density at radius 3 is 2.31 bits per heavy atom. The van der Waals surface area contributed by atoms with E-state index < -0.39 is 6.09 Å². The molecule has 3 aliphatic heterocycles. The van der Waals surface area contributed by atoms with E-state index in [2.05, 4.69) is 4.90 Å². The fourth-order valence-corrected chi connectivity index (χ4v) is 2.14. The van der Waals surface area contributed by atoms with Gasteiger partial charge in [0.05, 0.1) is 0 Å². The summed E-state index contributed by atoms with van der Waals surface area (Å²) in [5, 5.41) is 8.89. The fraction of sp³-hybridized carbons (Fsp3) is 0.875. The number of nitrogens with zero attached hydrogens (tertiary/aromatic N) is 2. The zero-order chi connectivity index (χ0) is 8.55. The van der Waals surface area contributed by atoms with E-state index in [9.17, 15) is 4.79 Å². The lowest BCUT2D eigenvalue weighted by Gasteiger charge is -2.29. The average molecular weight is 251 g/mol. The van der Waals surface area contributed by atoms with Crippen LogP contribution in [-0.4, -0.2) is 53.2 Å². The topological polar surface area (TPSA) is 43.8 Å². The van der Waals surface area contributed by atoms with Crippen LogP contribution in [0.15, 0.2) is 0 Å². The number of fused-ring (bicyclic) bond motifs is 4. The zero-order valence-electron chi connectivity index (χ0n) is 7.48. The van der Waals surface area contributed by atoms with Crippen molar-refractivity contribution in [2.75, 3.05) is 26.2 Å². The van der Waals surface area contributed by atoms with Crippen molar-refractivity contribution >= 4 is 23.1 Å². The Labute approximate surface area is 88.3 Å². The maximum Gasteiger partial charge on any atom is 0.407 e. The van der Waals surface area contributed by atoms with Crippen LogP contribution in [0.4, 0.5) is 4.79 Å². The first-order chi connectivity index (χ1) is 5.77. The number of piperidine rings is 1. The molecule has 0 saturated carbocycles. The molecule has 0 aromatic heterocycles. The molecule has 3 saturated heterocycles. The van der Waals surface area contributed by atoms with Crippen LogP contribution in [-0.2, 0) is 0 Å². The van der Waals surface area contributed by atoms with Gasteiger partial charge < -0.3 is 14.9 Å². The van der Waals surface area contributed by atoms with E-state index >= 15 is 0 Å². The largest absolute Gasteiger partial charge is 0.465 e. The highest BCUT2D eigenvalue weighted by Crippen LogP contribution is 2.20. The van der Waals surface area contributed by atoms with Crippen LogP contribution in [0.2, 0.25) is 0 Å². The highest BCUT2D eigenvalue weighted by Gasteiger charge is 2.31. The first-order valence-corrected chi connectivity index (χ1v) is 4.49. The van der Waals surface area contributed by atoms with Gasteiger partial charge in [-0.15, -0.1) is 17.0 Å². The maximum absolute atomic E-state index is 10.8. The smallest absolute Gasteiger partial charge is 0.407 e. The standard InChI is InChI=1S/C8H14N2O2.BrH/c11-8(12)10-6-5-9-3-1-7(10)2-4-9;/h7H,1-6H2,(H,11,12);1H. The molecular weight excluding hydrogens is 236 g/mol. The minimum atomic E-state index is -0.747. The molecule has 3 rings (SSSR count). The predicted octanol–water partition coefficient (Wildman–Crippen LogP) is 1.02. The molecule has 5 heteroatoms. The van der Waals surface area contributed by atoms with Gasteiger partial charge in [-0.1, -0.05) is 0 Å². The van der Waals surface area contributed by atoms with Crippen molar-refractivity contribution in [2.45, 2.75) is 18.9 Å². The van der Waals surface area contributed by atoms with Crippen LogP contribution in [0.1, 0.15) is 12.8 Å². The van der Waals surface area contributed by atoms with Crippen LogP contribution < -0.4 is 0 Å². The van der Waals surface area contributed by atoms with E-state index in [-0.39, 0.29) is 17.0 Å². The highest BCUT2D eigenvalue weighted by atomic mass is 79.9. The monoisotopic (exact) mass is 250 g/mol. The number of hydrogen-bond donors (Lipinski definition) is 1. The number of carbonyl (C=O) groups is 1. The molecule has 4 nitrogen and oxygen atoms in total. The Kier molecular flexibility index (Phi) is 3.55. The molecule has 3 heterocycles. The predicted molar refractivity (Wildman–Crippen MR) is 54.5 cm³/mol. The quantitative estimate of drug-likeness (QED) is 0.699. The van der Waals surface area contributed by atoms with E-state index in [0.29, 0.717) is 12.6 Å². The van der Waals surface area contributed by atoms with Crippen LogP contribution in [0, 0.1) is 0 Å². The number of halogens is 1. The molecule has 1 amide bonds.